The summed E-state index contributed by atoms with van der Waals surface area (Å²) >= 11 is 0. The molecule has 46 heavy (non-hydrogen) atoms. The molecule has 0 atom stereocenters. The third-order valence-corrected chi connectivity index (χ3v) is 6.32. The second-order valence-corrected chi connectivity index (χ2v) is 9.67. The largest absolute Gasteiger partial charge is 0.265 e. The van der Waals surface area contributed by atoms with Gasteiger partial charge in [-0.2, -0.15) is 0 Å². The number of hydrogen-bond acceptors (Lipinski definition) is 7. The van der Waals surface area contributed by atoms with Crippen LogP contribution in [-0.4, -0.2) is 34.9 Å². The van der Waals surface area contributed by atoms with E-state index in [4.69, 9.17) is 0 Å². The van der Waals surface area contributed by atoms with Crippen LogP contribution in [0.3, 0.4) is 0 Å². The van der Waals surface area contributed by atoms with Gasteiger partial charge in [0.1, 0.15) is 0 Å². The van der Waals surface area contributed by atoms with Crippen LogP contribution in [0.1, 0.15) is 16.7 Å². The van der Waals surface area contributed by atoms with E-state index in [9.17, 15) is 0 Å². The number of hydrogen-bond donors (Lipinski definition) is 0. The van der Waals surface area contributed by atoms with E-state index < -0.39 is 0 Å². The normalized spacial score (nSPS) is 10.0. The summed E-state index contributed by atoms with van der Waals surface area (Å²) in [6, 6.07) is 35.2. The first kappa shape index (κ1) is 33.3. The molecule has 0 N–H and O–H groups in total. The zero-order valence-electron chi connectivity index (χ0n) is 25.1. The molecule has 0 fully saturated rings. The molecular weight excluding hydrogens is 745 g/mol. The number of nitrogens with zero attached hydrogens (tertiary/aromatic N) is 7. The molecule has 0 aliphatic carbocycles. The van der Waals surface area contributed by atoms with Crippen LogP contribution in [0, 0.1) is 6.92 Å². The Morgan fingerprint density at radius 3 is 1.20 bits per heavy atom. The minimum Gasteiger partial charge on any atom is -0.265 e. The average Bonchev–Trinajstić information content (AvgIpc) is 3.13. The summed E-state index contributed by atoms with van der Waals surface area (Å²) in [7, 11) is 0. The predicted molar refractivity (Wildman–Crippen MR) is 180 cm³/mol. The Kier molecular flexibility index (Phi) is 13.2. The summed E-state index contributed by atoms with van der Waals surface area (Å²) in [6.07, 6.45) is 18.4. The number of pyridine rings is 7. The summed E-state index contributed by atoms with van der Waals surface area (Å²) in [5.74, 6) is 0. The van der Waals surface area contributed by atoms with Crippen LogP contribution in [0.5, 0.6) is 0 Å². The first-order valence-electron chi connectivity index (χ1n) is 14.4. The molecule has 0 spiro atoms. The van der Waals surface area contributed by atoms with Gasteiger partial charge in [-0.15, -0.1) is 0 Å². The van der Waals surface area contributed by atoms with Crippen molar-refractivity contribution in [1.82, 2.24) is 34.9 Å². The van der Waals surface area contributed by atoms with E-state index in [0.717, 1.165) is 45.3 Å². The Morgan fingerprint density at radius 2 is 0.761 bits per heavy atom. The first-order valence-corrected chi connectivity index (χ1v) is 14.4. The fraction of sp³-hybridized carbons (Fsp3) is 0.0263. The van der Waals surface area contributed by atoms with Crippen molar-refractivity contribution in [2.24, 2.45) is 0 Å². The second-order valence-electron chi connectivity index (χ2n) is 9.67. The van der Waals surface area contributed by atoms with Gasteiger partial charge in [-0.25, -0.2) is 0 Å². The maximum absolute atomic E-state index is 4.40. The molecule has 226 valence electrons. The van der Waals surface area contributed by atoms with Crippen molar-refractivity contribution in [2.45, 2.75) is 6.92 Å². The van der Waals surface area contributed by atoms with Crippen molar-refractivity contribution in [3.63, 3.8) is 0 Å². The van der Waals surface area contributed by atoms with Gasteiger partial charge in [0.2, 0.25) is 0 Å². The molecule has 0 radical (unpaired) electrons. The van der Waals surface area contributed by atoms with E-state index >= 15 is 0 Å². The van der Waals surface area contributed by atoms with Crippen molar-refractivity contribution in [3.05, 3.63) is 175 Å². The van der Waals surface area contributed by atoms with Crippen LogP contribution in [0.4, 0.5) is 0 Å². The van der Waals surface area contributed by atoms with Crippen LogP contribution < -0.4 is 0 Å². The topological polar surface area (TPSA) is 90.2 Å². The van der Waals surface area contributed by atoms with Gasteiger partial charge in [-0.05, 0) is 109 Å². The van der Waals surface area contributed by atoms with Crippen LogP contribution in [0.15, 0.2) is 159 Å². The minimum atomic E-state index is 0. The predicted octanol–water partition coefficient (Wildman–Crippen LogP) is 8.30. The van der Waals surface area contributed by atoms with Crippen LogP contribution in [-0.2, 0) is 19.8 Å². The fourth-order valence-corrected chi connectivity index (χ4v) is 4.09. The zero-order valence-corrected chi connectivity index (χ0v) is 27.7. The molecular formula is C38H31N7Os. The number of aromatic nitrogens is 7. The zero-order chi connectivity index (χ0) is 30.9. The molecule has 0 bridgehead atoms. The molecule has 7 rings (SSSR count). The molecule has 7 aromatic rings. The van der Waals surface area contributed by atoms with E-state index in [1.807, 2.05) is 122 Å². The van der Waals surface area contributed by atoms with Gasteiger partial charge in [0.25, 0.3) is 0 Å². The van der Waals surface area contributed by atoms with Gasteiger partial charge in [0, 0.05) is 69.4 Å². The molecule has 0 saturated heterocycles. The summed E-state index contributed by atoms with van der Waals surface area (Å²) in [4.78, 5) is 29.5. The van der Waals surface area contributed by atoms with Gasteiger partial charge < -0.3 is 0 Å². The van der Waals surface area contributed by atoms with Crippen LogP contribution >= 0.6 is 0 Å². The maximum atomic E-state index is 4.40. The number of rotatable bonds is 5. The fourth-order valence-electron chi connectivity index (χ4n) is 4.09. The van der Waals surface area contributed by atoms with Crippen molar-refractivity contribution in [1.29, 1.82) is 0 Å². The molecule has 0 aromatic carbocycles. The summed E-state index contributed by atoms with van der Waals surface area (Å²) in [5, 5.41) is 0. The molecule has 8 heteroatoms. The van der Waals surface area contributed by atoms with Gasteiger partial charge in [0.05, 0.1) is 34.2 Å². The Hall–Kier alpha value is -5.57. The molecule has 0 aliphatic rings. The standard InChI is InChI=1S/C18H15N3.2C10H8N2.Os/c1-14-4-10-20-17(12-14)18-13-16(7-11-21-18)3-2-15-5-8-19-9-6-15;2*1-3-7-11-9(5-1)10-6-2-4-8-12-10;/h2-13H,1H3;2*1-8H;/b3-2+;;;. The van der Waals surface area contributed by atoms with Gasteiger partial charge in [-0.1, -0.05) is 36.4 Å². The third kappa shape index (κ3) is 10.6. The Balaban J connectivity index is 0.000000165. The summed E-state index contributed by atoms with van der Waals surface area (Å²) < 4.78 is 0. The molecule has 7 heterocycles. The van der Waals surface area contributed by atoms with Crippen molar-refractivity contribution in [2.75, 3.05) is 0 Å². The molecule has 0 amide bonds. The monoisotopic (exact) mass is 777 g/mol. The molecule has 7 aromatic heterocycles. The van der Waals surface area contributed by atoms with E-state index in [-0.39, 0.29) is 19.8 Å². The molecule has 0 aliphatic heterocycles. The van der Waals surface area contributed by atoms with Crippen molar-refractivity contribution < 1.29 is 19.8 Å². The first-order chi connectivity index (χ1) is 22.2. The molecule has 7 nitrogen and oxygen atoms in total. The Labute approximate surface area is 282 Å². The summed E-state index contributed by atoms with van der Waals surface area (Å²) in [6.45, 7) is 2.05. The van der Waals surface area contributed by atoms with Gasteiger partial charge >= 0.3 is 0 Å². The Morgan fingerprint density at radius 1 is 0.370 bits per heavy atom. The molecule has 0 saturated carbocycles. The number of aryl methyl sites for hydroxylation is 1. The Bertz CT molecular complexity index is 1740. The van der Waals surface area contributed by atoms with Gasteiger partial charge in [0.15, 0.2) is 0 Å². The smallest absolute Gasteiger partial charge is 0.0892 e. The van der Waals surface area contributed by atoms with E-state index in [1.165, 1.54) is 5.56 Å². The molecule has 0 unspecified atom stereocenters. The maximum Gasteiger partial charge on any atom is 0.0892 e. The van der Waals surface area contributed by atoms with E-state index in [2.05, 4.69) is 54.0 Å². The van der Waals surface area contributed by atoms with Crippen LogP contribution in [0.2, 0.25) is 0 Å². The quantitative estimate of drug-likeness (QED) is 0.174. The van der Waals surface area contributed by atoms with Gasteiger partial charge in [-0.3, -0.25) is 34.9 Å². The SMILES string of the molecule is Cc1ccnc(-c2cc(/C=C/c3ccncc3)ccn2)c1.[Os].c1ccc(-c2ccccn2)nc1.c1ccc(-c2ccccn2)nc1. The summed E-state index contributed by atoms with van der Waals surface area (Å²) in [5.41, 5.74) is 8.84. The second kappa shape index (κ2) is 18.3. The third-order valence-electron chi connectivity index (χ3n) is 6.32. The van der Waals surface area contributed by atoms with E-state index in [1.54, 1.807) is 37.2 Å². The van der Waals surface area contributed by atoms with Crippen molar-refractivity contribution >= 4 is 12.2 Å². The van der Waals surface area contributed by atoms with Crippen LogP contribution in [0.25, 0.3) is 46.3 Å². The minimum absolute atomic E-state index is 0. The van der Waals surface area contributed by atoms with E-state index in [0.29, 0.717) is 0 Å². The average molecular weight is 776 g/mol. The van der Waals surface area contributed by atoms with Crippen molar-refractivity contribution in [3.8, 4) is 34.2 Å².